The highest BCUT2D eigenvalue weighted by molar-refractivity contribution is 4.63. The molecular weight excluding hydrogens is 184 g/mol. The number of rotatable bonds is 1. The molecule has 0 spiro atoms. The minimum Gasteiger partial charge on any atom is -0.812 e. The van der Waals surface area contributed by atoms with Gasteiger partial charge < -0.3 is 10.2 Å². The number of hydrogen-bond acceptors (Lipinski definition) is 4. The minimum atomic E-state index is 0.500. The van der Waals surface area contributed by atoms with Crippen LogP contribution in [0.2, 0.25) is 0 Å². The Balaban J connectivity index is 0. The standard InChI is InChI=1S/C6H11N2.2CHNO/c1-3-8-5-4-7(2)6-8;2*2-1-3/h4-6H,3H2,1-2H3;2*3H/q+1;;/p-1. The topological polar surface area (TPSA) is 99.7 Å². The summed E-state index contributed by atoms with van der Waals surface area (Å²) in [7, 11) is 2.02. The molecule has 0 amide bonds. The molecule has 0 aromatic carbocycles. The van der Waals surface area contributed by atoms with Crippen molar-refractivity contribution in [3.8, 4) is 12.5 Å². The Morgan fingerprint density at radius 3 is 2.14 bits per heavy atom. The first-order valence-corrected chi connectivity index (χ1v) is 3.71. The second-order valence-corrected chi connectivity index (χ2v) is 2.10. The lowest BCUT2D eigenvalue weighted by molar-refractivity contribution is -0.671. The minimum absolute atomic E-state index is 0.500. The molecule has 0 unspecified atom stereocenters. The van der Waals surface area contributed by atoms with Gasteiger partial charge in [-0.2, -0.15) is 5.26 Å². The first kappa shape index (κ1) is 14.3. The molecule has 0 saturated heterocycles. The molecule has 0 aliphatic carbocycles. The van der Waals surface area contributed by atoms with Crippen molar-refractivity contribution in [3.05, 3.63) is 18.7 Å². The molecule has 1 aromatic rings. The Kier molecular flexibility index (Phi) is 11.0. The summed E-state index contributed by atoms with van der Waals surface area (Å²) in [5.41, 5.74) is 0. The molecule has 76 valence electrons. The van der Waals surface area contributed by atoms with Crippen LogP contribution in [0.5, 0.6) is 0 Å². The van der Waals surface area contributed by atoms with E-state index in [1.807, 2.05) is 17.8 Å². The molecule has 1 heterocycles. The van der Waals surface area contributed by atoms with Gasteiger partial charge in [0.2, 0.25) is 6.33 Å². The average molecular weight is 196 g/mol. The van der Waals surface area contributed by atoms with Gasteiger partial charge in [0.15, 0.2) is 0 Å². The number of hydrogen-bond donors (Lipinski definition) is 1. The predicted molar refractivity (Wildman–Crippen MR) is 44.4 cm³/mol. The van der Waals surface area contributed by atoms with E-state index in [9.17, 15) is 0 Å². The highest BCUT2D eigenvalue weighted by Crippen LogP contribution is 1.79. The maximum atomic E-state index is 8.24. The third-order valence-corrected chi connectivity index (χ3v) is 1.19. The van der Waals surface area contributed by atoms with Crippen LogP contribution in [-0.2, 0) is 13.6 Å². The smallest absolute Gasteiger partial charge is 0.283 e. The highest BCUT2D eigenvalue weighted by atomic mass is 16.2. The highest BCUT2D eigenvalue weighted by Gasteiger charge is 1.92. The Hall–Kier alpha value is -2.21. The van der Waals surface area contributed by atoms with Gasteiger partial charge >= 0.3 is 0 Å². The monoisotopic (exact) mass is 196 g/mol. The van der Waals surface area contributed by atoms with Crippen molar-refractivity contribution in [1.29, 1.82) is 10.5 Å². The van der Waals surface area contributed by atoms with E-state index in [4.69, 9.17) is 20.7 Å². The normalized spacial score (nSPS) is 6.57. The van der Waals surface area contributed by atoms with Gasteiger partial charge in [-0.3, -0.25) is 0 Å². The van der Waals surface area contributed by atoms with Crippen LogP contribution >= 0.6 is 0 Å². The summed E-state index contributed by atoms with van der Waals surface area (Å²) in [6.07, 6.45) is 7.39. The fraction of sp³-hybridized carbons (Fsp3) is 0.375. The van der Waals surface area contributed by atoms with Gasteiger partial charge in [-0.05, 0) is 6.92 Å². The number of aliphatic hydroxyl groups is 1. The number of imidazole rings is 1. The van der Waals surface area contributed by atoms with Gasteiger partial charge in [0, 0.05) is 6.26 Å². The van der Waals surface area contributed by atoms with E-state index in [1.165, 1.54) is 0 Å². The molecule has 1 aromatic heterocycles. The molecule has 0 fully saturated rings. The largest absolute Gasteiger partial charge is 0.812 e. The fourth-order valence-corrected chi connectivity index (χ4v) is 0.689. The van der Waals surface area contributed by atoms with E-state index in [2.05, 4.69) is 24.0 Å². The number of nitrogens with zero attached hydrogens (tertiary/aromatic N) is 4. The Morgan fingerprint density at radius 1 is 1.57 bits per heavy atom. The molecule has 0 saturated carbocycles. The van der Waals surface area contributed by atoms with Crippen LogP contribution in [0.1, 0.15) is 6.92 Å². The van der Waals surface area contributed by atoms with E-state index in [1.54, 1.807) is 0 Å². The van der Waals surface area contributed by atoms with Gasteiger partial charge in [-0.1, -0.05) is 0 Å². The van der Waals surface area contributed by atoms with Crippen molar-refractivity contribution in [2.75, 3.05) is 0 Å². The molecular formula is C8H12N4O2. The van der Waals surface area contributed by atoms with Crippen molar-refractivity contribution >= 4 is 0 Å². The molecule has 0 aliphatic heterocycles. The van der Waals surface area contributed by atoms with E-state index in [0.717, 1.165) is 12.8 Å². The molecule has 14 heavy (non-hydrogen) atoms. The fourth-order valence-electron chi connectivity index (χ4n) is 0.689. The SMILES string of the molecule is CCn1cc[n+](C)c1.N#CO.N#C[O-]. The third-order valence-electron chi connectivity index (χ3n) is 1.19. The molecule has 0 atom stereocenters. The van der Waals surface area contributed by atoms with Gasteiger partial charge in [-0.15, -0.1) is 0 Å². The van der Waals surface area contributed by atoms with Crippen molar-refractivity contribution in [3.63, 3.8) is 0 Å². The van der Waals surface area contributed by atoms with Crippen LogP contribution in [0.15, 0.2) is 18.7 Å². The van der Waals surface area contributed by atoms with Gasteiger partial charge in [-0.25, -0.2) is 14.4 Å². The first-order valence-electron chi connectivity index (χ1n) is 3.71. The Labute approximate surface area is 82.5 Å². The number of nitriles is 2. The number of aliphatic hydroxyl groups excluding tert-OH is 1. The number of aromatic nitrogens is 2. The van der Waals surface area contributed by atoms with Crippen LogP contribution in [0, 0.1) is 23.0 Å². The van der Waals surface area contributed by atoms with Crippen molar-refractivity contribution in [1.82, 2.24) is 4.57 Å². The van der Waals surface area contributed by atoms with Crippen LogP contribution in [-0.4, -0.2) is 9.67 Å². The van der Waals surface area contributed by atoms with Crippen LogP contribution in [0.4, 0.5) is 0 Å². The average Bonchev–Trinajstić information content (AvgIpc) is 2.54. The number of aryl methyl sites for hydroxylation is 2. The molecule has 0 bridgehead atoms. The summed E-state index contributed by atoms with van der Waals surface area (Å²) in [6, 6.07) is 0. The van der Waals surface area contributed by atoms with Crippen molar-refractivity contribution < 1.29 is 14.8 Å². The maximum Gasteiger partial charge on any atom is 0.283 e. The first-order chi connectivity index (χ1) is 6.65. The van der Waals surface area contributed by atoms with Gasteiger partial charge in [0.05, 0.1) is 13.6 Å². The summed E-state index contributed by atoms with van der Waals surface area (Å²) < 4.78 is 4.16. The Morgan fingerprint density at radius 2 is 2.00 bits per heavy atom. The summed E-state index contributed by atoms with van der Waals surface area (Å²) >= 11 is 0. The summed E-state index contributed by atoms with van der Waals surface area (Å²) in [6.45, 7) is 3.18. The zero-order chi connectivity index (χ0) is 11.4. The lowest BCUT2D eigenvalue weighted by Gasteiger charge is -1.81. The third kappa shape index (κ3) is 9.79. The summed E-state index contributed by atoms with van der Waals surface area (Å²) in [5, 5.41) is 28.8. The van der Waals surface area contributed by atoms with Crippen LogP contribution < -0.4 is 9.67 Å². The zero-order valence-electron chi connectivity index (χ0n) is 8.08. The quantitative estimate of drug-likeness (QED) is 0.460. The predicted octanol–water partition coefficient (Wildman–Crippen LogP) is -1.000. The second kappa shape index (κ2) is 10.8. The van der Waals surface area contributed by atoms with Crippen LogP contribution in [0.25, 0.3) is 0 Å². The maximum absolute atomic E-state index is 8.24. The molecule has 1 N–H and O–H groups in total. The van der Waals surface area contributed by atoms with E-state index in [0.29, 0.717) is 6.26 Å². The molecule has 0 aliphatic rings. The second-order valence-electron chi connectivity index (χ2n) is 2.10. The van der Waals surface area contributed by atoms with E-state index in [-0.39, 0.29) is 0 Å². The van der Waals surface area contributed by atoms with Crippen molar-refractivity contribution in [2.24, 2.45) is 7.05 Å². The lowest BCUT2D eigenvalue weighted by Crippen LogP contribution is -2.23. The summed E-state index contributed by atoms with van der Waals surface area (Å²) in [4.78, 5) is 0. The molecule has 1 rings (SSSR count). The molecule has 6 nitrogen and oxygen atoms in total. The lowest BCUT2D eigenvalue weighted by atomic mass is 10.7. The van der Waals surface area contributed by atoms with Crippen LogP contribution in [0.3, 0.4) is 0 Å². The van der Waals surface area contributed by atoms with Crippen molar-refractivity contribution in [2.45, 2.75) is 13.5 Å². The van der Waals surface area contributed by atoms with E-state index < -0.39 is 0 Å². The van der Waals surface area contributed by atoms with Gasteiger partial charge in [0.25, 0.3) is 6.26 Å². The molecule has 0 radical (unpaired) electrons. The summed E-state index contributed by atoms with van der Waals surface area (Å²) in [5.74, 6) is 0. The van der Waals surface area contributed by atoms with Gasteiger partial charge in [0.1, 0.15) is 12.4 Å². The zero-order valence-corrected chi connectivity index (χ0v) is 8.08. The Bertz CT molecular complexity index is 296. The molecule has 6 heteroatoms. The van der Waals surface area contributed by atoms with E-state index >= 15 is 0 Å².